The largest absolute Gasteiger partial charge is 0.331 e. The fraction of sp³-hybridized carbons (Fsp3) is 0.750. The van der Waals surface area contributed by atoms with Crippen LogP contribution < -0.4 is 10.9 Å². The third-order valence-electron chi connectivity index (χ3n) is 5.83. The third kappa shape index (κ3) is 2.55. The van der Waals surface area contributed by atoms with E-state index in [1.807, 2.05) is 0 Å². The fourth-order valence-corrected chi connectivity index (χ4v) is 4.67. The number of nitrogens with zero attached hydrogens (tertiary/aromatic N) is 2. The molecule has 4 saturated carbocycles. The Balaban J connectivity index is 1.28. The summed E-state index contributed by atoms with van der Waals surface area (Å²) in [6.45, 7) is 0. The van der Waals surface area contributed by atoms with Crippen LogP contribution in [-0.4, -0.2) is 23.2 Å². The Kier molecular flexibility index (Phi) is 3.47. The molecule has 0 saturated heterocycles. The fourth-order valence-electron chi connectivity index (χ4n) is 4.67. The van der Waals surface area contributed by atoms with E-state index < -0.39 is 11.8 Å². The molecule has 4 atom stereocenters. The summed E-state index contributed by atoms with van der Waals surface area (Å²) in [5.41, 5.74) is 6.88. The van der Waals surface area contributed by atoms with Gasteiger partial charge < -0.3 is 0 Å². The van der Waals surface area contributed by atoms with Crippen molar-refractivity contribution >= 4 is 23.2 Å². The quantitative estimate of drug-likeness (QED) is 0.599. The number of amides is 2. The lowest BCUT2D eigenvalue weighted by Gasteiger charge is -2.12. The molecule has 4 bridgehead atoms. The van der Waals surface area contributed by atoms with Crippen molar-refractivity contribution in [1.29, 1.82) is 0 Å². The van der Waals surface area contributed by atoms with Gasteiger partial charge in [0, 0.05) is 11.4 Å². The molecular weight excluding hydrogens is 280 g/mol. The highest BCUT2D eigenvalue weighted by atomic mass is 16.2. The molecular formula is C16H22N4O2. The SMILES string of the molecule is O=C(N/N=C1/C[C@H]2CC[C@H]1C2)C(=O)N/N=C1\C[C@H]2CC[C@H]1C2. The predicted octanol–water partition coefficient (Wildman–Crippen LogP) is 1.57. The molecule has 0 heterocycles. The molecule has 4 fully saturated rings. The Hall–Kier alpha value is -1.72. The van der Waals surface area contributed by atoms with Gasteiger partial charge in [0.15, 0.2) is 0 Å². The molecule has 0 radical (unpaired) electrons. The molecule has 0 aliphatic heterocycles. The van der Waals surface area contributed by atoms with Gasteiger partial charge in [-0.1, -0.05) is 0 Å². The van der Waals surface area contributed by atoms with Gasteiger partial charge in [0.25, 0.3) is 0 Å². The number of hydrazone groups is 2. The normalized spacial score (nSPS) is 38.9. The number of carbonyl (C=O) groups is 2. The zero-order chi connectivity index (χ0) is 15.1. The first-order valence-electron chi connectivity index (χ1n) is 8.42. The van der Waals surface area contributed by atoms with Crippen molar-refractivity contribution in [2.45, 2.75) is 51.4 Å². The standard InChI is InChI=1S/C16H22N4O2/c21-15(19-17-13-7-9-1-3-11(13)5-9)16(22)20-18-14-8-10-2-4-12(14)6-10/h9-12H,1-8H2,(H,19,21)(H,20,22)/b17-13-,18-14+/t9-,10-,11-,12-/m0/s1. The first-order valence-corrected chi connectivity index (χ1v) is 8.42. The van der Waals surface area contributed by atoms with E-state index in [0.717, 1.165) is 36.1 Å². The minimum atomic E-state index is -0.720. The van der Waals surface area contributed by atoms with Crippen molar-refractivity contribution in [3.8, 4) is 0 Å². The highest BCUT2D eigenvalue weighted by Gasteiger charge is 2.37. The van der Waals surface area contributed by atoms with Crippen LogP contribution in [0.25, 0.3) is 0 Å². The second kappa shape index (κ2) is 5.48. The predicted molar refractivity (Wildman–Crippen MR) is 82.1 cm³/mol. The molecule has 2 amide bonds. The molecule has 0 spiro atoms. The van der Waals surface area contributed by atoms with E-state index in [2.05, 4.69) is 21.1 Å². The Morgan fingerprint density at radius 1 is 0.773 bits per heavy atom. The maximum absolute atomic E-state index is 11.8. The number of fused-ring (bicyclic) bond motifs is 4. The lowest BCUT2D eigenvalue weighted by Crippen LogP contribution is -2.36. The molecule has 6 heteroatoms. The molecule has 0 aromatic carbocycles. The van der Waals surface area contributed by atoms with Crippen LogP contribution in [0.15, 0.2) is 10.2 Å². The van der Waals surface area contributed by atoms with Crippen molar-refractivity contribution in [3.05, 3.63) is 0 Å². The molecule has 2 N–H and O–H groups in total. The van der Waals surface area contributed by atoms with Crippen molar-refractivity contribution in [2.24, 2.45) is 33.9 Å². The van der Waals surface area contributed by atoms with Gasteiger partial charge in [-0.05, 0) is 75.0 Å². The number of hydrogen-bond acceptors (Lipinski definition) is 4. The van der Waals surface area contributed by atoms with Gasteiger partial charge in [-0.3, -0.25) is 9.59 Å². The molecule has 0 aromatic heterocycles. The Morgan fingerprint density at radius 3 is 1.55 bits per heavy atom. The van der Waals surface area contributed by atoms with Crippen LogP contribution in [0.4, 0.5) is 0 Å². The first-order chi connectivity index (χ1) is 10.7. The zero-order valence-electron chi connectivity index (χ0n) is 12.7. The van der Waals surface area contributed by atoms with Crippen LogP contribution in [0.3, 0.4) is 0 Å². The molecule has 22 heavy (non-hydrogen) atoms. The van der Waals surface area contributed by atoms with Gasteiger partial charge in [-0.15, -0.1) is 0 Å². The summed E-state index contributed by atoms with van der Waals surface area (Å²) in [4.78, 5) is 23.5. The highest BCUT2D eigenvalue weighted by Crippen LogP contribution is 2.43. The van der Waals surface area contributed by atoms with Crippen LogP contribution >= 0.6 is 0 Å². The van der Waals surface area contributed by atoms with Gasteiger partial charge >= 0.3 is 11.8 Å². The van der Waals surface area contributed by atoms with Crippen LogP contribution in [0.1, 0.15) is 51.4 Å². The number of carbonyl (C=O) groups excluding carboxylic acids is 2. The van der Waals surface area contributed by atoms with Gasteiger partial charge in [0.05, 0.1) is 0 Å². The summed E-state index contributed by atoms with van der Waals surface area (Å²) in [5, 5.41) is 8.31. The molecule has 6 nitrogen and oxygen atoms in total. The minimum Gasteiger partial charge on any atom is -0.262 e. The Bertz CT molecular complexity index is 518. The maximum Gasteiger partial charge on any atom is 0.331 e. The number of nitrogens with one attached hydrogen (secondary N) is 2. The van der Waals surface area contributed by atoms with E-state index in [4.69, 9.17) is 0 Å². The zero-order valence-corrected chi connectivity index (χ0v) is 12.7. The second-order valence-corrected chi connectivity index (χ2v) is 7.25. The monoisotopic (exact) mass is 302 g/mol. The molecule has 4 aliphatic rings. The van der Waals surface area contributed by atoms with E-state index in [9.17, 15) is 9.59 Å². The molecule has 4 aliphatic carbocycles. The van der Waals surface area contributed by atoms with E-state index >= 15 is 0 Å². The van der Waals surface area contributed by atoms with E-state index in [1.54, 1.807) is 0 Å². The number of rotatable bonds is 2. The summed E-state index contributed by atoms with van der Waals surface area (Å²) in [6, 6.07) is 0. The summed E-state index contributed by atoms with van der Waals surface area (Å²) in [7, 11) is 0. The van der Waals surface area contributed by atoms with E-state index in [1.165, 1.54) is 38.5 Å². The summed E-state index contributed by atoms with van der Waals surface area (Å²) in [5.74, 6) is 1.06. The lowest BCUT2D eigenvalue weighted by atomic mass is 9.99. The van der Waals surface area contributed by atoms with Crippen LogP contribution in [0.5, 0.6) is 0 Å². The van der Waals surface area contributed by atoms with Gasteiger partial charge in [-0.2, -0.15) is 10.2 Å². The molecule has 4 rings (SSSR count). The van der Waals surface area contributed by atoms with Crippen LogP contribution in [0, 0.1) is 23.7 Å². The Morgan fingerprint density at radius 2 is 1.23 bits per heavy atom. The van der Waals surface area contributed by atoms with E-state index in [-0.39, 0.29) is 0 Å². The third-order valence-corrected chi connectivity index (χ3v) is 5.83. The van der Waals surface area contributed by atoms with E-state index in [0.29, 0.717) is 11.8 Å². The summed E-state index contributed by atoms with van der Waals surface area (Å²) in [6.07, 6.45) is 9.21. The van der Waals surface area contributed by atoms with Crippen molar-refractivity contribution in [2.75, 3.05) is 0 Å². The van der Waals surface area contributed by atoms with Crippen molar-refractivity contribution in [3.63, 3.8) is 0 Å². The molecule has 0 unspecified atom stereocenters. The molecule has 0 aromatic rings. The van der Waals surface area contributed by atoms with Gasteiger partial charge in [-0.25, -0.2) is 10.9 Å². The smallest absolute Gasteiger partial charge is 0.262 e. The van der Waals surface area contributed by atoms with Gasteiger partial charge in [0.1, 0.15) is 0 Å². The summed E-state index contributed by atoms with van der Waals surface area (Å²) >= 11 is 0. The van der Waals surface area contributed by atoms with Crippen molar-refractivity contribution < 1.29 is 9.59 Å². The van der Waals surface area contributed by atoms with Crippen LogP contribution in [-0.2, 0) is 9.59 Å². The minimum absolute atomic E-state index is 0.516. The van der Waals surface area contributed by atoms with Crippen LogP contribution in [0.2, 0.25) is 0 Å². The maximum atomic E-state index is 11.8. The lowest BCUT2D eigenvalue weighted by molar-refractivity contribution is -0.139. The number of hydrogen-bond donors (Lipinski definition) is 2. The first kappa shape index (κ1) is 13.9. The van der Waals surface area contributed by atoms with Crippen molar-refractivity contribution in [1.82, 2.24) is 10.9 Å². The Labute approximate surface area is 129 Å². The molecule has 118 valence electrons. The average molecular weight is 302 g/mol. The average Bonchev–Trinajstić information content (AvgIpc) is 3.30. The van der Waals surface area contributed by atoms with Gasteiger partial charge in [0.2, 0.25) is 0 Å². The topological polar surface area (TPSA) is 82.9 Å². The highest BCUT2D eigenvalue weighted by molar-refractivity contribution is 6.35. The summed E-state index contributed by atoms with van der Waals surface area (Å²) < 4.78 is 0. The second-order valence-electron chi connectivity index (χ2n) is 7.25.